The SMILES string of the molecule is C(=Cc1cccc(-c2ccccc2)c1OCc1ccccc1)c1ccccc1. The molecule has 0 aliphatic carbocycles. The average Bonchev–Trinajstić information content (AvgIpc) is 2.78. The van der Waals surface area contributed by atoms with Gasteiger partial charge in [-0.15, -0.1) is 0 Å². The molecule has 1 nitrogen and oxygen atoms in total. The topological polar surface area (TPSA) is 9.23 Å². The van der Waals surface area contributed by atoms with Crippen LogP contribution in [0.1, 0.15) is 16.7 Å². The first kappa shape index (κ1) is 17.8. The predicted octanol–water partition coefficient (Wildman–Crippen LogP) is 7.10. The first-order chi connectivity index (χ1) is 13.9. The molecule has 0 atom stereocenters. The van der Waals surface area contributed by atoms with Crippen LogP contribution in [0.3, 0.4) is 0 Å². The number of para-hydroxylation sites is 1. The molecule has 4 aromatic rings. The van der Waals surface area contributed by atoms with E-state index in [0.717, 1.165) is 28.0 Å². The number of ether oxygens (including phenoxy) is 1. The lowest BCUT2D eigenvalue weighted by atomic mass is 10.0. The van der Waals surface area contributed by atoms with Gasteiger partial charge in [-0.3, -0.25) is 0 Å². The van der Waals surface area contributed by atoms with Gasteiger partial charge in [0.05, 0.1) is 0 Å². The van der Waals surface area contributed by atoms with E-state index >= 15 is 0 Å². The van der Waals surface area contributed by atoms with Crippen LogP contribution in [0.4, 0.5) is 0 Å². The summed E-state index contributed by atoms with van der Waals surface area (Å²) in [6.45, 7) is 0.539. The van der Waals surface area contributed by atoms with E-state index in [1.807, 2.05) is 42.5 Å². The largest absolute Gasteiger partial charge is 0.488 e. The molecule has 0 aliphatic heterocycles. The Labute approximate surface area is 166 Å². The molecule has 0 spiro atoms. The minimum absolute atomic E-state index is 0.539. The van der Waals surface area contributed by atoms with Gasteiger partial charge in [0.1, 0.15) is 12.4 Å². The summed E-state index contributed by atoms with van der Waals surface area (Å²) in [5, 5.41) is 0. The Bertz CT molecular complexity index is 1040. The molecule has 0 aromatic heterocycles. The van der Waals surface area contributed by atoms with Crippen molar-refractivity contribution in [1.82, 2.24) is 0 Å². The van der Waals surface area contributed by atoms with Gasteiger partial charge in [0.15, 0.2) is 0 Å². The number of hydrogen-bond acceptors (Lipinski definition) is 1. The second-order valence-electron chi connectivity index (χ2n) is 6.61. The second kappa shape index (κ2) is 8.88. The van der Waals surface area contributed by atoms with Gasteiger partial charge >= 0.3 is 0 Å². The summed E-state index contributed by atoms with van der Waals surface area (Å²) in [5.74, 6) is 0.907. The van der Waals surface area contributed by atoms with E-state index in [9.17, 15) is 0 Å². The Morgan fingerprint density at radius 3 is 1.93 bits per heavy atom. The lowest BCUT2D eigenvalue weighted by molar-refractivity contribution is 0.307. The molecular formula is C27H22O. The van der Waals surface area contributed by atoms with Gasteiger partial charge < -0.3 is 4.74 Å². The molecule has 0 saturated carbocycles. The monoisotopic (exact) mass is 362 g/mol. The fourth-order valence-corrected chi connectivity index (χ4v) is 3.17. The Kier molecular flexibility index (Phi) is 5.65. The van der Waals surface area contributed by atoms with Crippen LogP contribution in [0.25, 0.3) is 23.3 Å². The van der Waals surface area contributed by atoms with Crippen molar-refractivity contribution >= 4 is 12.2 Å². The highest BCUT2D eigenvalue weighted by Gasteiger charge is 2.10. The molecule has 0 saturated heterocycles. The van der Waals surface area contributed by atoms with Crippen LogP contribution < -0.4 is 4.74 Å². The molecule has 0 bridgehead atoms. The van der Waals surface area contributed by atoms with Gasteiger partial charge in [0, 0.05) is 11.1 Å². The van der Waals surface area contributed by atoms with Crippen molar-refractivity contribution < 1.29 is 4.74 Å². The van der Waals surface area contributed by atoms with Crippen molar-refractivity contribution in [3.8, 4) is 16.9 Å². The molecule has 0 unspecified atom stereocenters. The minimum Gasteiger partial charge on any atom is -0.488 e. The predicted molar refractivity (Wildman–Crippen MR) is 118 cm³/mol. The third-order valence-electron chi connectivity index (χ3n) is 4.61. The molecule has 136 valence electrons. The number of hydrogen-bond donors (Lipinski definition) is 0. The lowest BCUT2D eigenvalue weighted by Crippen LogP contribution is -1.99. The normalized spacial score (nSPS) is 10.9. The van der Waals surface area contributed by atoms with Crippen LogP contribution in [0.15, 0.2) is 109 Å². The van der Waals surface area contributed by atoms with E-state index in [0.29, 0.717) is 6.61 Å². The Morgan fingerprint density at radius 1 is 0.571 bits per heavy atom. The Balaban J connectivity index is 1.71. The molecule has 4 aromatic carbocycles. The summed E-state index contributed by atoms with van der Waals surface area (Å²) in [6, 6.07) is 37.3. The third-order valence-corrected chi connectivity index (χ3v) is 4.61. The highest BCUT2D eigenvalue weighted by molar-refractivity contribution is 5.80. The summed E-state index contributed by atoms with van der Waals surface area (Å²) < 4.78 is 6.35. The second-order valence-corrected chi connectivity index (χ2v) is 6.61. The molecular weight excluding hydrogens is 340 g/mol. The van der Waals surface area contributed by atoms with E-state index < -0.39 is 0 Å². The molecule has 0 N–H and O–H groups in total. The summed E-state index contributed by atoms with van der Waals surface area (Å²) >= 11 is 0. The van der Waals surface area contributed by atoms with Crippen LogP contribution in [0.5, 0.6) is 5.75 Å². The zero-order valence-electron chi connectivity index (χ0n) is 15.7. The standard InChI is InChI=1S/C27H22O/c1-4-11-22(12-5-1)19-20-25-17-10-18-26(24-15-8-3-9-16-24)27(25)28-21-23-13-6-2-7-14-23/h1-20H,21H2. The Morgan fingerprint density at radius 2 is 1.21 bits per heavy atom. The highest BCUT2D eigenvalue weighted by atomic mass is 16.5. The molecule has 0 heterocycles. The molecule has 4 rings (SSSR count). The fourth-order valence-electron chi connectivity index (χ4n) is 3.17. The molecule has 0 aliphatic rings. The molecule has 28 heavy (non-hydrogen) atoms. The maximum absolute atomic E-state index is 6.35. The first-order valence-electron chi connectivity index (χ1n) is 9.48. The van der Waals surface area contributed by atoms with Gasteiger partial charge in [-0.2, -0.15) is 0 Å². The van der Waals surface area contributed by atoms with E-state index in [1.165, 1.54) is 5.56 Å². The van der Waals surface area contributed by atoms with Crippen LogP contribution >= 0.6 is 0 Å². The summed E-state index contributed by atoms with van der Waals surface area (Å²) in [6.07, 6.45) is 4.25. The van der Waals surface area contributed by atoms with Crippen LogP contribution in [0, 0.1) is 0 Å². The van der Waals surface area contributed by atoms with Crippen molar-refractivity contribution in [2.45, 2.75) is 6.61 Å². The zero-order chi connectivity index (χ0) is 19.0. The highest BCUT2D eigenvalue weighted by Crippen LogP contribution is 2.35. The fraction of sp³-hybridized carbons (Fsp3) is 0.0370. The van der Waals surface area contributed by atoms with Crippen molar-refractivity contribution in [3.63, 3.8) is 0 Å². The van der Waals surface area contributed by atoms with Gasteiger partial charge in [-0.05, 0) is 16.7 Å². The van der Waals surface area contributed by atoms with E-state index in [1.54, 1.807) is 0 Å². The van der Waals surface area contributed by atoms with Crippen LogP contribution in [-0.2, 0) is 6.61 Å². The van der Waals surface area contributed by atoms with Crippen LogP contribution in [0.2, 0.25) is 0 Å². The van der Waals surface area contributed by atoms with Crippen molar-refractivity contribution in [2.24, 2.45) is 0 Å². The third kappa shape index (κ3) is 4.39. The number of rotatable bonds is 6. The number of benzene rings is 4. The van der Waals surface area contributed by atoms with E-state index in [4.69, 9.17) is 4.74 Å². The van der Waals surface area contributed by atoms with Crippen molar-refractivity contribution in [1.29, 1.82) is 0 Å². The zero-order valence-corrected chi connectivity index (χ0v) is 15.7. The maximum Gasteiger partial charge on any atom is 0.134 e. The summed E-state index contributed by atoms with van der Waals surface area (Å²) in [4.78, 5) is 0. The maximum atomic E-state index is 6.35. The molecule has 1 heteroatoms. The summed E-state index contributed by atoms with van der Waals surface area (Å²) in [7, 11) is 0. The lowest BCUT2D eigenvalue weighted by Gasteiger charge is -2.15. The van der Waals surface area contributed by atoms with Gasteiger partial charge in [-0.1, -0.05) is 121 Å². The van der Waals surface area contributed by atoms with Crippen molar-refractivity contribution in [3.05, 3.63) is 126 Å². The summed E-state index contributed by atoms with van der Waals surface area (Å²) in [5.41, 5.74) is 5.65. The van der Waals surface area contributed by atoms with Gasteiger partial charge in [-0.25, -0.2) is 0 Å². The van der Waals surface area contributed by atoms with Gasteiger partial charge in [0.25, 0.3) is 0 Å². The Hall–Kier alpha value is -3.58. The van der Waals surface area contributed by atoms with Gasteiger partial charge in [0.2, 0.25) is 0 Å². The van der Waals surface area contributed by atoms with E-state index in [-0.39, 0.29) is 0 Å². The quantitative estimate of drug-likeness (QED) is 0.332. The smallest absolute Gasteiger partial charge is 0.134 e. The van der Waals surface area contributed by atoms with Crippen molar-refractivity contribution in [2.75, 3.05) is 0 Å². The average molecular weight is 362 g/mol. The van der Waals surface area contributed by atoms with Crippen LogP contribution in [-0.4, -0.2) is 0 Å². The first-order valence-corrected chi connectivity index (χ1v) is 9.48. The molecule has 0 radical (unpaired) electrons. The van der Waals surface area contributed by atoms with E-state index in [2.05, 4.69) is 78.9 Å². The molecule has 0 amide bonds. The molecule has 0 fully saturated rings. The minimum atomic E-state index is 0.539.